The Kier molecular flexibility index (Phi) is 6.34. The van der Waals surface area contributed by atoms with E-state index in [1.165, 1.54) is 6.33 Å². The van der Waals surface area contributed by atoms with E-state index < -0.39 is 0 Å². The number of pyridine rings is 1. The summed E-state index contributed by atoms with van der Waals surface area (Å²) in [7, 11) is 1.86. The zero-order chi connectivity index (χ0) is 25.2. The number of nitrogens with one attached hydrogen (secondary N) is 1. The van der Waals surface area contributed by atoms with Crippen molar-refractivity contribution in [2.75, 3.05) is 23.5 Å². The minimum atomic E-state index is -0.114. The highest BCUT2D eigenvalue weighted by Crippen LogP contribution is 2.31. The highest BCUT2D eigenvalue weighted by atomic mass is 16.5. The standard InChI is InChI=1S/C26H28N8O2/c1-16(2)13-34(15-35)24-10-7-20-25(30-24)26(28-14-27-20)29-18-5-9-23(17(3)11-18)36-19-6-8-22-21(12-19)31-32-33(22)4/h5-12,14,16,35H,13,15H2,1-4H3,(H,27,28,29). The number of anilines is 3. The van der Waals surface area contributed by atoms with E-state index >= 15 is 0 Å². The molecule has 2 aromatic carbocycles. The Morgan fingerprint density at radius 3 is 2.69 bits per heavy atom. The first-order valence-corrected chi connectivity index (χ1v) is 11.7. The average Bonchev–Trinajstić information content (AvgIpc) is 3.24. The quantitative estimate of drug-likeness (QED) is 0.306. The van der Waals surface area contributed by atoms with E-state index in [2.05, 4.69) is 39.4 Å². The van der Waals surface area contributed by atoms with Crippen molar-refractivity contribution in [2.45, 2.75) is 20.8 Å². The molecule has 3 heterocycles. The van der Waals surface area contributed by atoms with E-state index in [1.54, 1.807) is 4.68 Å². The fraction of sp³-hybridized carbons (Fsp3) is 0.269. The van der Waals surface area contributed by atoms with Crippen LogP contribution in [0.3, 0.4) is 0 Å². The molecule has 0 bridgehead atoms. The van der Waals surface area contributed by atoms with Crippen LogP contribution in [0.1, 0.15) is 19.4 Å². The van der Waals surface area contributed by atoms with Gasteiger partial charge in [-0.1, -0.05) is 19.1 Å². The lowest BCUT2D eigenvalue weighted by Gasteiger charge is -2.23. The van der Waals surface area contributed by atoms with E-state index in [0.717, 1.165) is 33.6 Å². The van der Waals surface area contributed by atoms with Crippen molar-refractivity contribution >= 4 is 39.4 Å². The van der Waals surface area contributed by atoms with E-state index in [0.29, 0.717) is 35.4 Å². The molecule has 0 unspecified atom stereocenters. The van der Waals surface area contributed by atoms with Crippen molar-refractivity contribution in [1.29, 1.82) is 0 Å². The maximum Gasteiger partial charge on any atom is 0.160 e. The molecule has 3 aromatic heterocycles. The lowest BCUT2D eigenvalue weighted by Crippen LogP contribution is -2.29. The molecule has 0 atom stereocenters. The van der Waals surface area contributed by atoms with Crippen LogP contribution in [0.4, 0.5) is 17.3 Å². The molecular weight excluding hydrogens is 456 g/mol. The number of aromatic nitrogens is 6. The second-order valence-corrected chi connectivity index (χ2v) is 9.09. The molecule has 0 amide bonds. The second kappa shape index (κ2) is 9.74. The SMILES string of the molecule is Cc1cc(Nc2ncnc3ccc(N(CO)CC(C)C)nc23)ccc1Oc1ccc2c(c1)nnn2C. The van der Waals surface area contributed by atoms with Crippen molar-refractivity contribution in [2.24, 2.45) is 13.0 Å². The lowest BCUT2D eigenvalue weighted by atomic mass is 10.2. The predicted molar refractivity (Wildman–Crippen MR) is 140 cm³/mol. The third-order valence-corrected chi connectivity index (χ3v) is 5.80. The van der Waals surface area contributed by atoms with Gasteiger partial charge in [-0.05, 0) is 60.9 Å². The molecule has 5 aromatic rings. The number of ether oxygens (including phenoxy) is 1. The van der Waals surface area contributed by atoms with Gasteiger partial charge < -0.3 is 20.1 Å². The Hall–Kier alpha value is -4.31. The minimum Gasteiger partial charge on any atom is -0.457 e. The van der Waals surface area contributed by atoms with Gasteiger partial charge in [0.1, 0.15) is 41.4 Å². The highest BCUT2D eigenvalue weighted by Gasteiger charge is 2.13. The largest absolute Gasteiger partial charge is 0.457 e. The number of hydrogen-bond acceptors (Lipinski definition) is 9. The molecule has 36 heavy (non-hydrogen) atoms. The zero-order valence-corrected chi connectivity index (χ0v) is 20.7. The van der Waals surface area contributed by atoms with Crippen LogP contribution in [0, 0.1) is 12.8 Å². The molecule has 2 N–H and O–H groups in total. The molecule has 0 saturated heterocycles. The molecule has 10 nitrogen and oxygen atoms in total. The summed E-state index contributed by atoms with van der Waals surface area (Å²) in [5.74, 6) is 3.08. The Labute approximate surface area is 208 Å². The third-order valence-electron chi connectivity index (χ3n) is 5.80. The molecule has 0 radical (unpaired) electrons. The van der Waals surface area contributed by atoms with Crippen LogP contribution in [0.15, 0.2) is 54.9 Å². The molecular formula is C26H28N8O2. The van der Waals surface area contributed by atoms with Gasteiger partial charge in [-0.3, -0.25) is 0 Å². The highest BCUT2D eigenvalue weighted by molar-refractivity contribution is 5.88. The average molecular weight is 485 g/mol. The first-order valence-electron chi connectivity index (χ1n) is 11.7. The first-order chi connectivity index (χ1) is 17.4. The molecule has 0 aliphatic carbocycles. The van der Waals surface area contributed by atoms with Gasteiger partial charge >= 0.3 is 0 Å². The number of aryl methyl sites for hydroxylation is 2. The van der Waals surface area contributed by atoms with Gasteiger partial charge in [0, 0.05) is 25.3 Å². The number of nitrogens with zero attached hydrogens (tertiary/aromatic N) is 7. The first kappa shape index (κ1) is 23.4. The number of hydrogen-bond donors (Lipinski definition) is 2. The minimum absolute atomic E-state index is 0.114. The van der Waals surface area contributed by atoms with E-state index in [-0.39, 0.29) is 6.73 Å². The summed E-state index contributed by atoms with van der Waals surface area (Å²) in [6.07, 6.45) is 1.51. The van der Waals surface area contributed by atoms with Gasteiger partial charge in [0.05, 0.1) is 11.0 Å². The van der Waals surface area contributed by atoms with Crippen LogP contribution in [0.5, 0.6) is 11.5 Å². The van der Waals surface area contributed by atoms with Crippen molar-refractivity contribution < 1.29 is 9.84 Å². The van der Waals surface area contributed by atoms with E-state index in [4.69, 9.17) is 9.72 Å². The summed E-state index contributed by atoms with van der Waals surface area (Å²) in [6.45, 7) is 6.77. The lowest BCUT2D eigenvalue weighted by molar-refractivity contribution is 0.284. The Morgan fingerprint density at radius 1 is 1.06 bits per heavy atom. The van der Waals surface area contributed by atoms with Gasteiger partial charge in [0.25, 0.3) is 0 Å². The molecule has 0 aliphatic rings. The number of aliphatic hydroxyl groups is 1. The smallest absolute Gasteiger partial charge is 0.160 e. The van der Waals surface area contributed by atoms with Gasteiger partial charge in [0.15, 0.2) is 5.82 Å². The summed E-state index contributed by atoms with van der Waals surface area (Å²) >= 11 is 0. The maximum atomic E-state index is 9.84. The normalized spacial score (nSPS) is 11.4. The molecule has 5 rings (SSSR count). The Morgan fingerprint density at radius 2 is 1.92 bits per heavy atom. The fourth-order valence-corrected chi connectivity index (χ4v) is 4.05. The van der Waals surface area contributed by atoms with Crippen molar-refractivity contribution in [3.63, 3.8) is 0 Å². The summed E-state index contributed by atoms with van der Waals surface area (Å²) in [6, 6.07) is 15.3. The molecule has 184 valence electrons. The maximum absolute atomic E-state index is 9.84. The van der Waals surface area contributed by atoms with Gasteiger partial charge in [-0.15, -0.1) is 5.10 Å². The van der Waals surface area contributed by atoms with Crippen LogP contribution in [0.2, 0.25) is 0 Å². The monoisotopic (exact) mass is 484 g/mol. The van der Waals surface area contributed by atoms with E-state index in [9.17, 15) is 5.11 Å². The zero-order valence-electron chi connectivity index (χ0n) is 20.7. The molecule has 0 aliphatic heterocycles. The van der Waals surface area contributed by atoms with Crippen LogP contribution >= 0.6 is 0 Å². The number of aliphatic hydroxyl groups excluding tert-OH is 1. The van der Waals surface area contributed by atoms with Gasteiger partial charge in [0.2, 0.25) is 0 Å². The summed E-state index contributed by atoms with van der Waals surface area (Å²) in [4.78, 5) is 15.4. The molecule has 10 heteroatoms. The van der Waals surface area contributed by atoms with Crippen LogP contribution < -0.4 is 15.0 Å². The van der Waals surface area contributed by atoms with Crippen molar-refractivity contribution in [3.05, 3.63) is 60.4 Å². The number of benzene rings is 2. The van der Waals surface area contributed by atoms with E-state index in [1.807, 2.05) is 67.4 Å². The molecule has 0 saturated carbocycles. The molecule has 0 fully saturated rings. The van der Waals surface area contributed by atoms with Crippen molar-refractivity contribution in [3.8, 4) is 11.5 Å². The van der Waals surface area contributed by atoms with Crippen LogP contribution in [-0.4, -0.2) is 48.3 Å². The van der Waals surface area contributed by atoms with Gasteiger partial charge in [-0.2, -0.15) is 0 Å². The summed E-state index contributed by atoms with van der Waals surface area (Å²) in [5.41, 5.74) is 4.87. The second-order valence-electron chi connectivity index (χ2n) is 9.09. The number of rotatable bonds is 8. The van der Waals surface area contributed by atoms with Gasteiger partial charge in [-0.25, -0.2) is 19.6 Å². The molecule has 0 spiro atoms. The van der Waals surface area contributed by atoms with Crippen LogP contribution in [-0.2, 0) is 7.05 Å². The van der Waals surface area contributed by atoms with Crippen LogP contribution in [0.25, 0.3) is 22.1 Å². The topological polar surface area (TPSA) is 114 Å². The predicted octanol–water partition coefficient (Wildman–Crippen LogP) is 4.56. The summed E-state index contributed by atoms with van der Waals surface area (Å²) in [5, 5.41) is 21.4. The Balaban J connectivity index is 1.39. The number of fused-ring (bicyclic) bond motifs is 2. The fourth-order valence-electron chi connectivity index (χ4n) is 4.05. The summed E-state index contributed by atoms with van der Waals surface area (Å²) < 4.78 is 7.84. The third kappa shape index (κ3) is 4.76. The Bertz CT molecular complexity index is 1530. The van der Waals surface area contributed by atoms with Crippen molar-refractivity contribution in [1.82, 2.24) is 29.9 Å².